The van der Waals surface area contributed by atoms with Crippen molar-refractivity contribution in [2.45, 2.75) is 0 Å². The van der Waals surface area contributed by atoms with Crippen LogP contribution >= 0.6 is 0 Å². The number of phenols is 2. The van der Waals surface area contributed by atoms with Crippen molar-refractivity contribution in [2.24, 2.45) is 10.2 Å². The van der Waals surface area contributed by atoms with E-state index < -0.39 is 0 Å². The van der Waals surface area contributed by atoms with Gasteiger partial charge in [0.1, 0.15) is 17.2 Å². The van der Waals surface area contributed by atoms with Crippen molar-refractivity contribution < 1.29 is 10.2 Å². The molecular weight excluding hydrogens is 300 g/mol. The van der Waals surface area contributed by atoms with Crippen LogP contribution in [0.3, 0.4) is 0 Å². The molecule has 4 heteroatoms. The first-order valence-electron chi connectivity index (χ1n) is 7.56. The van der Waals surface area contributed by atoms with Crippen molar-refractivity contribution in [3.05, 3.63) is 83.4 Å². The fourth-order valence-electron chi connectivity index (χ4n) is 2.89. The first kappa shape index (κ1) is 14.2. The van der Waals surface area contributed by atoms with Gasteiger partial charge in [-0.1, -0.05) is 48.5 Å². The standard InChI is InChI=1S/C20H14N2O2/c23-14-10-9-13(19(24)11-14)12-21-22-20-17-7-3-1-5-15(17)16-6-2-4-8-18(16)20/h1-12,23-24H/b21-12+. The monoisotopic (exact) mass is 314 g/mol. The van der Waals surface area contributed by atoms with E-state index in [9.17, 15) is 10.2 Å². The first-order valence-corrected chi connectivity index (χ1v) is 7.56. The summed E-state index contributed by atoms with van der Waals surface area (Å²) in [5.74, 6) is -0.0271. The fraction of sp³-hybridized carbons (Fsp3) is 0. The van der Waals surface area contributed by atoms with Gasteiger partial charge in [0.2, 0.25) is 0 Å². The largest absolute Gasteiger partial charge is 0.508 e. The summed E-state index contributed by atoms with van der Waals surface area (Å²) in [7, 11) is 0. The van der Waals surface area contributed by atoms with E-state index in [-0.39, 0.29) is 11.5 Å². The second-order valence-electron chi connectivity index (χ2n) is 5.53. The summed E-state index contributed by atoms with van der Waals surface area (Å²) in [6.07, 6.45) is 1.48. The van der Waals surface area contributed by atoms with Gasteiger partial charge in [0, 0.05) is 22.8 Å². The Morgan fingerprint density at radius 2 is 1.29 bits per heavy atom. The lowest BCUT2D eigenvalue weighted by molar-refractivity contribution is 0.450. The van der Waals surface area contributed by atoms with Crippen molar-refractivity contribution in [3.63, 3.8) is 0 Å². The van der Waals surface area contributed by atoms with Crippen molar-refractivity contribution in [2.75, 3.05) is 0 Å². The summed E-state index contributed by atoms with van der Waals surface area (Å²) in [4.78, 5) is 0. The van der Waals surface area contributed by atoms with E-state index >= 15 is 0 Å². The molecule has 0 heterocycles. The molecule has 0 saturated carbocycles. The van der Waals surface area contributed by atoms with Gasteiger partial charge >= 0.3 is 0 Å². The molecule has 1 aliphatic rings. The highest BCUT2D eigenvalue weighted by Gasteiger charge is 2.23. The van der Waals surface area contributed by atoms with Gasteiger partial charge in [-0.15, -0.1) is 5.10 Å². The summed E-state index contributed by atoms with van der Waals surface area (Å²) >= 11 is 0. The Labute approximate surface area is 139 Å². The summed E-state index contributed by atoms with van der Waals surface area (Å²) in [6, 6.07) is 20.5. The SMILES string of the molecule is Oc1ccc(/C=N/N=C2c3ccccc3-c3ccccc32)c(O)c1. The molecule has 2 N–H and O–H groups in total. The van der Waals surface area contributed by atoms with Gasteiger partial charge in [-0.05, 0) is 23.3 Å². The maximum Gasteiger partial charge on any atom is 0.128 e. The highest BCUT2D eigenvalue weighted by molar-refractivity contribution is 6.24. The molecule has 116 valence electrons. The van der Waals surface area contributed by atoms with Crippen molar-refractivity contribution in [1.29, 1.82) is 0 Å². The van der Waals surface area contributed by atoms with Gasteiger partial charge in [0.15, 0.2) is 0 Å². The molecule has 0 amide bonds. The molecule has 0 fully saturated rings. The van der Waals surface area contributed by atoms with Crippen molar-refractivity contribution in [3.8, 4) is 22.6 Å². The van der Waals surface area contributed by atoms with Crippen LogP contribution in [0.1, 0.15) is 16.7 Å². The number of fused-ring (bicyclic) bond motifs is 3. The van der Waals surface area contributed by atoms with Crippen LogP contribution in [0.2, 0.25) is 0 Å². The zero-order valence-electron chi connectivity index (χ0n) is 12.7. The fourth-order valence-corrected chi connectivity index (χ4v) is 2.89. The number of rotatable bonds is 2. The zero-order chi connectivity index (χ0) is 16.5. The Morgan fingerprint density at radius 1 is 0.708 bits per heavy atom. The van der Waals surface area contributed by atoms with Crippen LogP contribution < -0.4 is 0 Å². The molecule has 4 nitrogen and oxygen atoms in total. The lowest BCUT2D eigenvalue weighted by Gasteiger charge is -1.99. The topological polar surface area (TPSA) is 65.2 Å². The van der Waals surface area contributed by atoms with E-state index in [4.69, 9.17) is 0 Å². The molecule has 3 aromatic carbocycles. The van der Waals surface area contributed by atoms with Gasteiger partial charge < -0.3 is 10.2 Å². The molecule has 4 rings (SSSR count). The van der Waals surface area contributed by atoms with Crippen LogP contribution in [-0.4, -0.2) is 22.1 Å². The first-order chi connectivity index (χ1) is 11.7. The maximum absolute atomic E-state index is 9.80. The van der Waals surface area contributed by atoms with Crippen LogP contribution in [0.5, 0.6) is 11.5 Å². The Bertz CT molecular complexity index is 943. The van der Waals surface area contributed by atoms with Crippen LogP contribution in [0.25, 0.3) is 11.1 Å². The maximum atomic E-state index is 9.80. The van der Waals surface area contributed by atoms with Crippen LogP contribution in [-0.2, 0) is 0 Å². The predicted octanol–water partition coefficient (Wildman–Crippen LogP) is 3.95. The molecule has 3 aromatic rings. The van der Waals surface area contributed by atoms with Gasteiger partial charge in [0.25, 0.3) is 0 Å². The molecule has 0 unspecified atom stereocenters. The Morgan fingerprint density at radius 3 is 1.88 bits per heavy atom. The minimum Gasteiger partial charge on any atom is -0.508 e. The molecule has 24 heavy (non-hydrogen) atoms. The molecular formula is C20H14N2O2. The molecule has 0 aromatic heterocycles. The normalized spacial score (nSPS) is 12.2. The number of aromatic hydroxyl groups is 2. The number of hydrogen-bond donors (Lipinski definition) is 2. The molecule has 0 bridgehead atoms. The third kappa shape index (κ3) is 2.34. The zero-order valence-corrected chi connectivity index (χ0v) is 12.7. The van der Waals surface area contributed by atoms with E-state index in [1.165, 1.54) is 18.3 Å². The smallest absolute Gasteiger partial charge is 0.128 e. The minimum absolute atomic E-state index is 0.00890. The summed E-state index contributed by atoms with van der Waals surface area (Å²) in [6.45, 7) is 0. The summed E-state index contributed by atoms with van der Waals surface area (Å²) in [5.41, 5.74) is 5.70. The average molecular weight is 314 g/mol. The minimum atomic E-state index is -0.0360. The van der Waals surface area contributed by atoms with Crippen molar-refractivity contribution in [1.82, 2.24) is 0 Å². The summed E-state index contributed by atoms with van der Waals surface area (Å²) < 4.78 is 0. The van der Waals surface area contributed by atoms with Crippen LogP contribution in [0, 0.1) is 0 Å². The lowest BCUT2D eigenvalue weighted by atomic mass is 10.1. The van der Waals surface area contributed by atoms with E-state index in [0.29, 0.717) is 5.56 Å². The van der Waals surface area contributed by atoms with Gasteiger partial charge in [-0.3, -0.25) is 0 Å². The quantitative estimate of drug-likeness (QED) is 0.434. The third-order valence-electron chi connectivity index (χ3n) is 4.02. The van der Waals surface area contributed by atoms with Crippen LogP contribution in [0.15, 0.2) is 76.9 Å². The number of hydrogen-bond acceptors (Lipinski definition) is 4. The molecule has 0 atom stereocenters. The Kier molecular flexibility index (Phi) is 3.35. The number of nitrogens with zero attached hydrogens (tertiary/aromatic N) is 2. The second kappa shape index (κ2) is 5.66. The van der Waals surface area contributed by atoms with Gasteiger partial charge in [0.05, 0.1) is 6.21 Å². The Hall–Kier alpha value is -3.40. The van der Waals surface area contributed by atoms with E-state index in [2.05, 4.69) is 22.3 Å². The third-order valence-corrected chi connectivity index (χ3v) is 4.02. The number of phenolic OH excluding ortho intramolecular Hbond substituents is 2. The average Bonchev–Trinajstić information content (AvgIpc) is 2.91. The lowest BCUT2D eigenvalue weighted by Crippen LogP contribution is -1.97. The van der Waals surface area contributed by atoms with Crippen LogP contribution in [0.4, 0.5) is 0 Å². The molecule has 0 saturated heterocycles. The predicted molar refractivity (Wildman–Crippen MR) is 94.9 cm³/mol. The van der Waals surface area contributed by atoms with Crippen molar-refractivity contribution >= 4 is 11.9 Å². The molecule has 0 radical (unpaired) electrons. The highest BCUT2D eigenvalue weighted by Crippen LogP contribution is 2.36. The van der Waals surface area contributed by atoms with E-state index in [1.807, 2.05) is 36.4 Å². The second-order valence-corrected chi connectivity index (χ2v) is 5.53. The summed E-state index contributed by atoms with van der Waals surface area (Å²) in [5, 5.41) is 27.6. The molecule has 1 aliphatic carbocycles. The van der Waals surface area contributed by atoms with Gasteiger partial charge in [-0.25, -0.2) is 0 Å². The van der Waals surface area contributed by atoms with E-state index in [1.54, 1.807) is 6.07 Å². The van der Waals surface area contributed by atoms with E-state index in [0.717, 1.165) is 28.0 Å². The molecule has 0 aliphatic heterocycles. The number of benzene rings is 3. The highest BCUT2D eigenvalue weighted by atomic mass is 16.3. The Balaban J connectivity index is 1.76. The van der Waals surface area contributed by atoms with Gasteiger partial charge in [-0.2, -0.15) is 5.10 Å². The molecule has 0 spiro atoms.